The van der Waals surface area contributed by atoms with Crippen molar-refractivity contribution in [2.45, 2.75) is 26.5 Å². The third-order valence-electron chi connectivity index (χ3n) is 2.54. The first-order valence-corrected chi connectivity index (χ1v) is 6.78. The van der Waals surface area contributed by atoms with Crippen molar-refractivity contribution < 1.29 is 18.6 Å². The molecule has 0 amide bonds. The Labute approximate surface area is 115 Å². The lowest BCUT2D eigenvalue weighted by atomic mass is 10.3. The van der Waals surface area contributed by atoms with Gasteiger partial charge in [-0.3, -0.25) is 0 Å². The molecule has 0 atom stereocenters. The maximum absolute atomic E-state index is 5.47. The molecule has 5 heteroatoms. The van der Waals surface area contributed by atoms with Gasteiger partial charge in [0.15, 0.2) is 0 Å². The van der Waals surface area contributed by atoms with Gasteiger partial charge in [-0.15, -0.1) is 0 Å². The molecule has 110 valence electrons. The lowest BCUT2D eigenvalue weighted by molar-refractivity contribution is 0.0287. The van der Waals surface area contributed by atoms with Crippen molar-refractivity contribution in [3.05, 3.63) is 23.7 Å². The highest BCUT2D eigenvalue weighted by Crippen LogP contribution is 2.08. The highest BCUT2D eigenvalue weighted by molar-refractivity contribution is 5.11. The third-order valence-corrected chi connectivity index (χ3v) is 2.54. The van der Waals surface area contributed by atoms with Crippen LogP contribution in [0.1, 0.15) is 24.7 Å². The first-order valence-electron chi connectivity index (χ1n) is 6.78. The molecule has 1 aromatic rings. The largest absolute Gasteiger partial charge is 0.467 e. The summed E-state index contributed by atoms with van der Waals surface area (Å²) in [6.07, 6.45) is 2.69. The SMILES string of the molecule is CCNCc1coc(COCCOCCCOC)c1. The molecule has 0 bridgehead atoms. The van der Waals surface area contributed by atoms with Gasteiger partial charge in [0.25, 0.3) is 0 Å². The molecule has 1 rings (SSSR count). The second-order valence-corrected chi connectivity index (χ2v) is 4.21. The standard InChI is InChI=1S/C14H25NO4/c1-3-15-10-13-9-14(19-11-13)12-18-8-7-17-6-4-5-16-2/h9,11,15H,3-8,10,12H2,1-2H3. The number of ether oxygens (including phenoxy) is 3. The number of methoxy groups -OCH3 is 1. The molecule has 1 heterocycles. The van der Waals surface area contributed by atoms with E-state index in [4.69, 9.17) is 18.6 Å². The van der Waals surface area contributed by atoms with E-state index >= 15 is 0 Å². The Morgan fingerprint density at radius 3 is 2.79 bits per heavy atom. The summed E-state index contributed by atoms with van der Waals surface area (Å²) in [4.78, 5) is 0. The lowest BCUT2D eigenvalue weighted by Crippen LogP contribution is -2.10. The van der Waals surface area contributed by atoms with Gasteiger partial charge < -0.3 is 23.9 Å². The van der Waals surface area contributed by atoms with Crippen molar-refractivity contribution >= 4 is 0 Å². The summed E-state index contributed by atoms with van der Waals surface area (Å²) in [5.74, 6) is 0.854. The van der Waals surface area contributed by atoms with E-state index in [1.807, 2.05) is 6.07 Å². The monoisotopic (exact) mass is 271 g/mol. The second-order valence-electron chi connectivity index (χ2n) is 4.21. The Bertz CT molecular complexity index is 314. The molecule has 19 heavy (non-hydrogen) atoms. The van der Waals surface area contributed by atoms with Crippen LogP contribution in [0.3, 0.4) is 0 Å². The van der Waals surface area contributed by atoms with Crippen molar-refractivity contribution in [3.63, 3.8) is 0 Å². The van der Waals surface area contributed by atoms with E-state index < -0.39 is 0 Å². The summed E-state index contributed by atoms with van der Waals surface area (Å²) in [6, 6.07) is 2.02. The Morgan fingerprint density at radius 1 is 1.16 bits per heavy atom. The fourth-order valence-corrected chi connectivity index (χ4v) is 1.56. The van der Waals surface area contributed by atoms with Crippen molar-refractivity contribution in [3.8, 4) is 0 Å². The maximum Gasteiger partial charge on any atom is 0.129 e. The molecular formula is C14H25NO4. The van der Waals surface area contributed by atoms with Gasteiger partial charge >= 0.3 is 0 Å². The molecule has 0 fully saturated rings. The molecule has 0 spiro atoms. The zero-order chi connectivity index (χ0) is 13.8. The summed E-state index contributed by atoms with van der Waals surface area (Å²) < 4.78 is 21.2. The average molecular weight is 271 g/mol. The first kappa shape index (κ1) is 16.2. The van der Waals surface area contributed by atoms with Crippen molar-refractivity contribution in [2.24, 2.45) is 0 Å². The molecule has 0 aliphatic heterocycles. The minimum Gasteiger partial charge on any atom is -0.467 e. The van der Waals surface area contributed by atoms with Crippen LogP contribution in [0, 0.1) is 0 Å². The average Bonchev–Trinajstić information content (AvgIpc) is 2.87. The van der Waals surface area contributed by atoms with Crippen LogP contribution < -0.4 is 5.32 Å². The number of rotatable bonds is 12. The second kappa shape index (κ2) is 11.0. The summed E-state index contributed by atoms with van der Waals surface area (Å²) >= 11 is 0. The Balaban J connectivity index is 1.98. The van der Waals surface area contributed by atoms with Gasteiger partial charge in [-0.25, -0.2) is 0 Å². The highest BCUT2D eigenvalue weighted by Gasteiger charge is 2.01. The minimum absolute atomic E-state index is 0.494. The third kappa shape index (κ3) is 8.00. The van der Waals surface area contributed by atoms with Crippen LogP contribution in [-0.4, -0.2) is 40.1 Å². The molecule has 5 nitrogen and oxygen atoms in total. The van der Waals surface area contributed by atoms with Crippen molar-refractivity contribution in [2.75, 3.05) is 40.1 Å². The molecule has 0 aromatic carbocycles. The molecule has 0 aliphatic rings. The van der Waals surface area contributed by atoms with Gasteiger partial charge in [-0.2, -0.15) is 0 Å². The van der Waals surface area contributed by atoms with Crippen LogP contribution in [0.25, 0.3) is 0 Å². The van der Waals surface area contributed by atoms with E-state index in [2.05, 4.69) is 12.2 Å². The van der Waals surface area contributed by atoms with Crippen LogP contribution >= 0.6 is 0 Å². The smallest absolute Gasteiger partial charge is 0.129 e. The van der Waals surface area contributed by atoms with Crippen molar-refractivity contribution in [1.82, 2.24) is 5.32 Å². The highest BCUT2D eigenvalue weighted by atomic mass is 16.5. The normalized spacial score (nSPS) is 11.1. The number of hydrogen-bond donors (Lipinski definition) is 1. The maximum atomic E-state index is 5.47. The first-order chi connectivity index (χ1) is 9.36. The Hall–Kier alpha value is -0.880. The molecule has 1 aromatic heterocycles. The summed E-state index contributed by atoms with van der Waals surface area (Å²) in [6.45, 7) is 7.00. The van der Waals surface area contributed by atoms with Gasteiger partial charge in [0.1, 0.15) is 12.4 Å². The minimum atomic E-state index is 0.494. The quantitative estimate of drug-likeness (QED) is 0.589. The summed E-state index contributed by atoms with van der Waals surface area (Å²) in [7, 11) is 1.69. The zero-order valence-electron chi connectivity index (χ0n) is 11.9. The van der Waals surface area contributed by atoms with Gasteiger partial charge in [0, 0.05) is 32.4 Å². The van der Waals surface area contributed by atoms with E-state index in [9.17, 15) is 0 Å². The Morgan fingerprint density at radius 2 is 2.00 bits per heavy atom. The molecule has 0 unspecified atom stereocenters. The summed E-state index contributed by atoms with van der Waals surface area (Å²) in [5.41, 5.74) is 1.15. The van der Waals surface area contributed by atoms with E-state index in [1.54, 1.807) is 13.4 Å². The van der Waals surface area contributed by atoms with Crippen LogP contribution in [0.4, 0.5) is 0 Å². The number of hydrogen-bond acceptors (Lipinski definition) is 5. The molecule has 1 N–H and O–H groups in total. The summed E-state index contributed by atoms with van der Waals surface area (Å²) in [5, 5.41) is 3.25. The van der Waals surface area contributed by atoms with Gasteiger partial charge in [-0.1, -0.05) is 6.92 Å². The molecule has 0 saturated heterocycles. The van der Waals surface area contributed by atoms with Crippen LogP contribution in [0.15, 0.2) is 16.7 Å². The molecule has 0 aliphatic carbocycles. The van der Waals surface area contributed by atoms with Crippen LogP contribution in [0.2, 0.25) is 0 Å². The van der Waals surface area contributed by atoms with E-state index in [0.717, 1.165) is 37.4 Å². The molecular weight excluding hydrogens is 246 g/mol. The van der Waals surface area contributed by atoms with E-state index in [0.29, 0.717) is 26.4 Å². The fraction of sp³-hybridized carbons (Fsp3) is 0.714. The predicted octanol–water partition coefficient (Wildman–Crippen LogP) is 1.96. The molecule has 0 saturated carbocycles. The topological polar surface area (TPSA) is 52.9 Å². The van der Waals surface area contributed by atoms with Gasteiger partial charge in [0.05, 0.1) is 19.5 Å². The van der Waals surface area contributed by atoms with Gasteiger partial charge in [0.2, 0.25) is 0 Å². The fourth-order valence-electron chi connectivity index (χ4n) is 1.56. The molecule has 0 radical (unpaired) electrons. The van der Waals surface area contributed by atoms with Crippen molar-refractivity contribution in [1.29, 1.82) is 0 Å². The predicted molar refractivity (Wildman–Crippen MR) is 73.1 cm³/mol. The van der Waals surface area contributed by atoms with Crippen LogP contribution in [0.5, 0.6) is 0 Å². The number of furan rings is 1. The van der Waals surface area contributed by atoms with Gasteiger partial charge in [-0.05, 0) is 19.0 Å². The van der Waals surface area contributed by atoms with E-state index in [1.165, 1.54) is 0 Å². The Kier molecular flexibility index (Phi) is 9.36. The lowest BCUT2D eigenvalue weighted by Gasteiger charge is -2.04. The zero-order valence-corrected chi connectivity index (χ0v) is 11.9. The van der Waals surface area contributed by atoms with E-state index in [-0.39, 0.29) is 0 Å². The number of nitrogens with one attached hydrogen (secondary N) is 1. The van der Waals surface area contributed by atoms with Crippen LogP contribution in [-0.2, 0) is 27.4 Å².